The summed E-state index contributed by atoms with van der Waals surface area (Å²) < 4.78 is 5.33. The summed E-state index contributed by atoms with van der Waals surface area (Å²) in [5.74, 6) is 1.02. The number of carbonyl (C=O) groups is 1. The fraction of sp³-hybridized carbons (Fsp3) is 0.900. The Morgan fingerprint density at radius 2 is 2.00 bits per heavy atom. The van der Waals surface area contributed by atoms with E-state index in [0.717, 1.165) is 6.42 Å². The number of ether oxygens (including phenoxy) is 1. The summed E-state index contributed by atoms with van der Waals surface area (Å²) in [6.45, 7) is 8.30. The SMILES string of the molecule is CC(C)[C@H]1OC(=O)[C@@H](C)C[C@@H]1C. The quantitative estimate of drug-likeness (QED) is 0.564. The first-order valence-corrected chi connectivity index (χ1v) is 4.73. The van der Waals surface area contributed by atoms with Crippen LogP contribution in [0.15, 0.2) is 0 Å². The van der Waals surface area contributed by atoms with E-state index < -0.39 is 0 Å². The molecule has 0 unspecified atom stereocenters. The second kappa shape index (κ2) is 3.46. The third-order valence-electron chi connectivity index (χ3n) is 2.60. The molecule has 70 valence electrons. The lowest BCUT2D eigenvalue weighted by atomic mass is 9.85. The van der Waals surface area contributed by atoms with E-state index in [0.29, 0.717) is 11.8 Å². The standard InChI is InChI=1S/C10H18O2/c1-6(2)9-7(3)5-8(4)10(11)12-9/h6-9H,5H2,1-4H3/t7-,8-,9+/m0/s1. The first-order chi connectivity index (χ1) is 5.52. The fourth-order valence-electron chi connectivity index (χ4n) is 1.95. The van der Waals surface area contributed by atoms with Gasteiger partial charge in [0.15, 0.2) is 0 Å². The Kier molecular flexibility index (Phi) is 2.76. The van der Waals surface area contributed by atoms with Crippen molar-refractivity contribution in [1.29, 1.82) is 0 Å². The van der Waals surface area contributed by atoms with Crippen molar-refractivity contribution in [1.82, 2.24) is 0 Å². The average molecular weight is 170 g/mol. The lowest BCUT2D eigenvalue weighted by Crippen LogP contribution is -2.38. The molecular formula is C10H18O2. The Morgan fingerprint density at radius 1 is 1.42 bits per heavy atom. The predicted octanol–water partition coefficient (Wildman–Crippen LogP) is 2.23. The largest absolute Gasteiger partial charge is 0.462 e. The number of rotatable bonds is 1. The maximum atomic E-state index is 11.2. The minimum absolute atomic E-state index is 0.0215. The zero-order valence-corrected chi connectivity index (χ0v) is 8.33. The number of cyclic esters (lactones) is 1. The first-order valence-electron chi connectivity index (χ1n) is 4.73. The van der Waals surface area contributed by atoms with Gasteiger partial charge < -0.3 is 4.74 Å². The van der Waals surface area contributed by atoms with E-state index in [4.69, 9.17) is 4.74 Å². The predicted molar refractivity (Wildman–Crippen MR) is 47.7 cm³/mol. The van der Waals surface area contributed by atoms with Gasteiger partial charge in [0, 0.05) is 0 Å². The van der Waals surface area contributed by atoms with Gasteiger partial charge in [0.2, 0.25) is 0 Å². The van der Waals surface area contributed by atoms with Crippen LogP contribution in [-0.2, 0) is 9.53 Å². The lowest BCUT2D eigenvalue weighted by molar-refractivity contribution is -0.167. The zero-order chi connectivity index (χ0) is 9.30. The molecular weight excluding hydrogens is 152 g/mol. The van der Waals surface area contributed by atoms with E-state index in [1.807, 2.05) is 6.92 Å². The Labute approximate surface area is 74.3 Å². The van der Waals surface area contributed by atoms with Crippen molar-refractivity contribution in [3.63, 3.8) is 0 Å². The zero-order valence-electron chi connectivity index (χ0n) is 8.33. The maximum absolute atomic E-state index is 11.2. The molecule has 0 spiro atoms. The number of esters is 1. The van der Waals surface area contributed by atoms with E-state index in [2.05, 4.69) is 20.8 Å². The van der Waals surface area contributed by atoms with Crippen LogP contribution in [0, 0.1) is 17.8 Å². The molecule has 1 aliphatic heterocycles. The summed E-state index contributed by atoms with van der Waals surface area (Å²) in [6.07, 6.45) is 1.11. The second-order valence-electron chi connectivity index (χ2n) is 4.26. The van der Waals surface area contributed by atoms with Crippen molar-refractivity contribution in [2.45, 2.75) is 40.2 Å². The Hall–Kier alpha value is -0.530. The average Bonchev–Trinajstić information content (AvgIpc) is 1.96. The smallest absolute Gasteiger partial charge is 0.308 e. The van der Waals surface area contributed by atoms with Gasteiger partial charge in [0.25, 0.3) is 0 Å². The van der Waals surface area contributed by atoms with Crippen LogP contribution in [-0.4, -0.2) is 12.1 Å². The Bertz CT molecular complexity index is 175. The van der Waals surface area contributed by atoms with Crippen LogP contribution in [0.5, 0.6) is 0 Å². The van der Waals surface area contributed by atoms with Crippen LogP contribution >= 0.6 is 0 Å². The summed E-state index contributed by atoms with van der Waals surface area (Å²) >= 11 is 0. The third-order valence-corrected chi connectivity index (χ3v) is 2.60. The van der Waals surface area contributed by atoms with Gasteiger partial charge in [-0.1, -0.05) is 27.7 Å². The van der Waals surface area contributed by atoms with Gasteiger partial charge in [-0.05, 0) is 18.3 Å². The molecule has 1 saturated heterocycles. The second-order valence-corrected chi connectivity index (χ2v) is 4.26. The normalized spacial score (nSPS) is 36.8. The van der Waals surface area contributed by atoms with Gasteiger partial charge in [0.05, 0.1) is 5.92 Å². The molecule has 0 bridgehead atoms. The molecule has 1 aliphatic rings. The van der Waals surface area contributed by atoms with E-state index in [1.54, 1.807) is 0 Å². The lowest BCUT2D eigenvalue weighted by Gasteiger charge is -2.34. The van der Waals surface area contributed by atoms with Crippen molar-refractivity contribution >= 4 is 5.97 Å². The molecule has 3 atom stereocenters. The third kappa shape index (κ3) is 1.79. The van der Waals surface area contributed by atoms with Crippen molar-refractivity contribution in [3.8, 4) is 0 Å². The van der Waals surface area contributed by atoms with Crippen LogP contribution in [0.25, 0.3) is 0 Å². The molecule has 12 heavy (non-hydrogen) atoms. The molecule has 1 fully saturated rings. The fourth-order valence-corrected chi connectivity index (χ4v) is 1.95. The molecule has 2 heteroatoms. The highest BCUT2D eigenvalue weighted by Crippen LogP contribution is 2.29. The van der Waals surface area contributed by atoms with Crippen LogP contribution in [0.2, 0.25) is 0 Å². The summed E-state index contributed by atoms with van der Waals surface area (Å²) in [4.78, 5) is 11.2. The Balaban J connectivity index is 2.61. The van der Waals surface area contributed by atoms with Crippen LogP contribution in [0.4, 0.5) is 0 Å². The van der Waals surface area contributed by atoms with E-state index in [1.165, 1.54) is 0 Å². The summed E-state index contributed by atoms with van der Waals surface area (Å²) in [5.41, 5.74) is 0. The maximum Gasteiger partial charge on any atom is 0.308 e. The van der Waals surface area contributed by atoms with Crippen molar-refractivity contribution in [2.24, 2.45) is 17.8 Å². The topological polar surface area (TPSA) is 26.3 Å². The van der Waals surface area contributed by atoms with E-state index >= 15 is 0 Å². The van der Waals surface area contributed by atoms with Crippen molar-refractivity contribution in [3.05, 3.63) is 0 Å². The van der Waals surface area contributed by atoms with Gasteiger partial charge >= 0.3 is 5.97 Å². The summed E-state index contributed by atoms with van der Waals surface area (Å²) in [6, 6.07) is 0. The molecule has 2 nitrogen and oxygen atoms in total. The molecule has 0 radical (unpaired) electrons. The molecule has 0 saturated carbocycles. The Morgan fingerprint density at radius 3 is 2.50 bits per heavy atom. The summed E-state index contributed by atoms with van der Waals surface area (Å²) in [7, 11) is 0. The molecule has 1 heterocycles. The van der Waals surface area contributed by atoms with Gasteiger partial charge in [-0.25, -0.2) is 0 Å². The minimum Gasteiger partial charge on any atom is -0.462 e. The molecule has 0 aromatic rings. The highest BCUT2D eigenvalue weighted by molar-refractivity contribution is 5.73. The molecule has 0 aromatic carbocycles. The molecule has 0 aromatic heterocycles. The molecule has 0 aliphatic carbocycles. The van der Waals surface area contributed by atoms with Gasteiger partial charge in [-0.2, -0.15) is 0 Å². The molecule has 0 N–H and O–H groups in total. The molecule has 1 rings (SSSR count). The minimum atomic E-state index is -0.0215. The monoisotopic (exact) mass is 170 g/mol. The van der Waals surface area contributed by atoms with E-state index in [-0.39, 0.29) is 18.0 Å². The van der Waals surface area contributed by atoms with Gasteiger partial charge in [-0.15, -0.1) is 0 Å². The number of hydrogen-bond donors (Lipinski definition) is 0. The van der Waals surface area contributed by atoms with E-state index in [9.17, 15) is 4.79 Å². The van der Waals surface area contributed by atoms with Gasteiger partial charge in [0.1, 0.15) is 6.10 Å². The highest BCUT2D eigenvalue weighted by atomic mass is 16.5. The molecule has 0 amide bonds. The summed E-state index contributed by atoms with van der Waals surface area (Å²) in [5, 5.41) is 0. The number of hydrogen-bond acceptors (Lipinski definition) is 2. The number of carbonyl (C=O) groups excluding carboxylic acids is 1. The van der Waals surface area contributed by atoms with Crippen molar-refractivity contribution in [2.75, 3.05) is 0 Å². The highest BCUT2D eigenvalue weighted by Gasteiger charge is 2.34. The first kappa shape index (κ1) is 9.56. The van der Waals surface area contributed by atoms with Gasteiger partial charge in [-0.3, -0.25) is 4.79 Å². The van der Waals surface area contributed by atoms with Crippen LogP contribution in [0.3, 0.4) is 0 Å². The van der Waals surface area contributed by atoms with Crippen molar-refractivity contribution < 1.29 is 9.53 Å². The van der Waals surface area contributed by atoms with Crippen LogP contribution < -0.4 is 0 Å². The van der Waals surface area contributed by atoms with Crippen LogP contribution in [0.1, 0.15) is 34.1 Å².